The van der Waals surface area contributed by atoms with E-state index in [1.54, 1.807) is 0 Å². The van der Waals surface area contributed by atoms with Crippen LogP contribution in [0.25, 0.3) is 0 Å². The molecule has 8 nitrogen and oxygen atoms in total. The van der Waals surface area contributed by atoms with Gasteiger partial charge in [-0.2, -0.15) is 0 Å². The number of esters is 1. The second-order valence-electron chi connectivity index (χ2n) is 3.72. The normalized spacial score (nSPS) is 14.2. The van der Waals surface area contributed by atoms with Gasteiger partial charge in [-0.05, 0) is 6.07 Å². The molecule has 0 atom stereocenters. The van der Waals surface area contributed by atoms with E-state index in [0.717, 1.165) is 6.07 Å². The monoisotopic (exact) mass is 266 g/mol. The van der Waals surface area contributed by atoms with Crippen molar-refractivity contribution in [3.8, 4) is 0 Å². The number of ether oxygens (including phenoxy) is 2. The molecule has 0 aliphatic carbocycles. The van der Waals surface area contributed by atoms with Crippen molar-refractivity contribution in [1.29, 1.82) is 0 Å². The molecule has 0 spiro atoms. The Hall–Kier alpha value is -2.64. The predicted octanol–water partition coefficient (Wildman–Crippen LogP) is 1.34. The van der Waals surface area contributed by atoms with Crippen LogP contribution in [0.4, 0.5) is 16.2 Å². The van der Waals surface area contributed by atoms with Crippen LogP contribution in [0.1, 0.15) is 10.4 Å². The lowest BCUT2D eigenvalue weighted by Crippen LogP contribution is -2.25. The summed E-state index contributed by atoms with van der Waals surface area (Å²) in [7, 11) is 1.19. The fourth-order valence-electron chi connectivity index (χ4n) is 1.75. The van der Waals surface area contributed by atoms with E-state index in [0.29, 0.717) is 0 Å². The van der Waals surface area contributed by atoms with Crippen molar-refractivity contribution in [2.24, 2.45) is 0 Å². The second-order valence-corrected chi connectivity index (χ2v) is 3.72. The molecule has 0 unspecified atom stereocenters. The number of anilines is 1. The van der Waals surface area contributed by atoms with Crippen molar-refractivity contribution in [3.63, 3.8) is 0 Å². The first-order chi connectivity index (χ1) is 9.04. The molecule has 2 rings (SSSR count). The number of amides is 1. The van der Waals surface area contributed by atoms with Crippen molar-refractivity contribution in [3.05, 3.63) is 33.9 Å². The van der Waals surface area contributed by atoms with Gasteiger partial charge in [0, 0.05) is 12.1 Å². The molecule has 1 aromatic carbocycles. The maximum absolute atomic E-state index is 11.6. The minimum atomic E-state index is -0.676. The number of rotatable bonds is 3. The fourth-order valence-corrected chi connectivity index (χ4v) is 1.75. The van der Waals surface area contributed by atoms with Gasteiger partial charge in [-0.15, -0.1) is 0 Å². The number of hydrogen-bond acceptors (Lipinski definition) is 6. The van der Waals surface area contributed by atoms with Crippen LogP contribution in [-0.4, -0.2) is 37.2 Å². The van der Waals surface area contributed by atoms with Crippen LogP contribution in [0.5, 0.6) is 0 Å². The molecule has 1 heterocycles. The molecule has 1 fully saturated rings. The molecule has 0 N–H and O–H groups in total. The molecule has 1 amide bonds. The summed E-state index contributed by atoms with van der Waals surface area (Å²) < 4.78 is 9.34. The van der Waals surface area contributed by atoms with Crippen LogP contribution in [-0.2, 0) is 9.47 Å². The van der Waals surface area contributed by atoms with E-state index in [1.165, 1.54) is 24.1 Å². The van der Waals surface area contributed by atoms with Crippen LogP contribution >= 0.6 is 0 Å². The van der Waals surface area contributed by atoms with Gasteiger partial charge in [-0.3, -0.25) is 15.0 Å². The van der Waals surface area contributed by atoms with Gasteiger partial charge >= 0.3 is 12.1 Å². The number of nitro groups is 1. The molecule has 1 aliphatic rings. The minimum Gasteiger partial charge on any atom is -0.465 e. The number of benzene rings is 1. The standard InChI is InChI=1S/C11H10N2O6/c1-18-10(14)8-3-2-7(13(16)17)6-9(8)12-4-5-19-11(12)15/h2-3,6H,4-5H2,1H3. The maximum atomic E-state index is 11.6. The van der Waals surface area contributed by atoms with Gasteiger partial charge in [0.1, 0.15) is 6.61 Å². The molecular weight excluding hydrogens is 256 g/mol. The average Bonchev–Trinajstić information content (AvgIpc) is 2.83. The van der Waals surface area contributed by atoms with E-state index in [1.807, 2.05) is 0 Å². The lowest BCUT2D eigenvalue weighted by molar-refractivity contribution is -0.384. The first-order valence-corrected chi connectivity index (χ1v) is 5.35. The molecular formula is C11H10N2O6. The van der Waals surface area contributed by atoms with E-state index in [-0.39, 0.29) is 30.1 Å². The molecule has 0 radical (unpaired) electrons. The Balaban J connectivity index is 2.52. The van der Waals surface area contributed by atoms with Crippen LogP contribution in [0.3, 0.4) is 0 Å². The molecule has 0 saturated carbocycles. The van der Waals surface area contributed by atoms with E-state index in [2.05, 4.69) is 4.74 Å². The molecule has 1 saturated heterocycles. The number of nitro benzene ring substituents is 1. The highest BCUT2D eigenvalue weighted by Crippen LogP contribution is 2.28. The largest absolute Gasteiger partial charge is 0.465 e. The average molecular weight is 266 g/mol. The van der Waals surface area contributed by atoms with Gasteiger partial charge in [-0.1, -0.05) is 0 Å². The third kappa shape index (κ3) is 2.32. The summed E-state index contributed by atoms with van der Waals surface area (Å²) in [6.45, 7) is 0.395. The highest BCUT2D eigenvalue weighted by Gasteiger charge is 2.29. The molecule has 1 aliphatic heterocycles. The highest BCUT2D eigenvalue weighted by molar-refractivity contribution is 6.01. The maximum Gasteiger partial charge on any atom is 0.414 e. The van der Waals surface area contributed by atoms with E-state index in [4.69, 9.17) is 4.74 Å². The molecule has 19 heavy (non-hydrogen) atoms. The Morgan fingerprint density at radius 1 is 1.53 bits per heavy atom. The summed E-state index contributed by atoms with van der Waals surface area (Å²) in [5, 5.41) is 10.8. The lowest BCUT2D eigenvalue weighted by atomic mass is 10.1. The summed E-state index contributed by atoms with van der Waals surface area (Å²) in [5.41, 5.74) is -0.0298. The van der Waals surface area contributed by atoms with Crippen LogP contribution in [0.2, 0.25) is 0 Å². The number of carbonyl (C=O) groups excluding carboxylic acids is 2. The van der Waals surface area contributed by atoms with Crippen molar-refractivity contribution >= 4 is 23.4 Å². The van der Waals surface area contributed by atoms with E-state index < -0.39 is 17.0 Å². The van der Waals surface area contributed by atoms with Gasteiger partial charge in [-0.25, -0.2) is 9.59 Å². The third-order valence-electron chi connectivity index (χ3n) is 2.65. The molecule has 1 aromatic rings. The fraction of sp³-hybridized carbons (Fsp3) is 0.273. The van der Waals surface area contributed by atoms with Crippen molar-refractivity contribution < 1.29 is 24.0 Å². The summed E-state index contributed by atoms with van der Waals surface area (Å²) in [6, 6.07) is 3.58. The zero-order chi connectivity index (χ0) is 14.0. The topological polar surface area (TPSA) is 99.0 Å². The van der Waals surface area contributed by atoms with Gasteiger partial charge in [0.15, 0.2) is 0 Å². The first-order valence-electron chi connectivity index (χ1n) is 5.35. The first kappa shape index (κ1) is 12.8. The van der Waals surface area contributed by atoms with Gasteiger partial charge in [0.25, 0.3) is 5.69 Å². The van der Waals surface area contributed by atoms with E-state index >= 15 is 0 Å². The van der Waals surface area contributed by atoms with Crippen molar-refractivity contribution in [2.75, 3.05) is 25.2 Å². The predicted molar refractivity (Wildman–Crippen MR) is 63.1 cm³/mol. The molecule has 0 aromatic heterocycles. The lowest BCUT2D eigenvalue weighted by Gasteiger charge is -2.15. The van der Waals surface area contributed by atoms with Crippen LogP contribution in [0, 0.1) is 10.1 Å². The Labute approximate surface area is 107 Å². The van der Waals surface area contributed by atoms with Gasteiger partial charge < -0.3 is 9.47 Å². The second kappa shape index (κ2) is 4.92. The number of nitrogens with zero attached hydrogens (tertiary/aromatic N) is 2. The minimum absolute atomic E-state index is 0.0759. The Morgan fingerprint density at radius 2 is 2.26 bits per heavy atom. The van der Waals surface area contributed by atoms with Gasteiger partial charge in [0.2, 0.25) is 0 Å². The van der Waals surface area contributed by atoms with Crippen molar-refractivity contribution in [1.82, 2.24) is 0 Å². The van der Waals surface area contributed by atoms with Crippen molar-refractivity contribution in [2.45, 2.75) is 0 Å². The number of carbonyl (C=O) groups is 2. The van der Waals surface area contributed by atoms with Crippen LogP contribution < -0.4 is 4.90 Å². The third-order valence-corrected chi connectivity index (χ3v) is 2.65. The zero-order valence-electron chi connectivity index (χ0n) is 9.99. The quantitative estimate of drug-likeness (QED) is 0.465. The Bertz CT molecular complexity index is 556. The summed E-state index contributed by atoms with van der Waals surface area (Å²) in [5.74, 6) is -0.676. The van der Waals surface area contributed by atoms with Gasteiger partial charge in [0.05, 0.1) is 29.8 Å². The number of non-ortho nitro benzene ring substituents is 1. The Morgan fingerprint density at radius 3 is 2.79 bits per heavy atom. The number of cyclic esters (lactones) is 1. The van der Waals surface area contributed by atoms with E-state index in [9.17, 15) is 19.7 Å². The SMILES string of the molecule is COC(=O)c1ccc([N+](=O)[O-])cc1N1CCOC1=O. The number of hydrogen-bond donors (Lipinski definition) is 0. The summed E-state index contributed by atoms with van der Waals surface area (Å²) in [6.07, 6.45) is -0.648. The molecule has 0 bridgehead atoms. The smallest absolute Gasteiger partial charge is 0.414 e. The van der Waals surface area contributed by atoms with Crippen LogP contribution in [0.15, 0.2) is 18.2 Å². The number of methoxy groups -OCH3 is 1. The summed E-state index contributed by atoms with van der Waals surface area (Å²) in [4.78, 5) is 34.4. The highest BCUT2D eigenvalue weighted by atomic mass is 16.6. The Kier molecular flexibility index (Phi) is 3.32. The summed E-state index contributed by atoms with van der Waals surface area (Å²) >= 11 is 0. The zero-order valence-corrected chi connectivity index (χ0v) is 9.99. The molecule has 8 heteroatoms. The molecule has 100 valence electrons.